The van der Waals surface area contributed by atoms with Gasteiger partial charge >= 0.3 is 5.97 Å². The first-order chi connectivity index (χ1) is 12.8. The average molecular weight is 372 g/mol. The number of benzene rings is 1. The minimum absolute atomic E-state index is 0.00496. The quantitative estimate of drug-likeness (QED) is 0.651. The molecular formula is C18H20N4O5. The van der Waals surface area contributed by atoms with Crippen LogP contribution in [0, 0.1) is 24.0 Å². The number of piperidine rings is 1. The number of nitro benzene ring substituents is 1. The lowest BCUT2D eigenvalue weighted by atomic mass is 10.0. The summed E-state index contributed by atoms with van der Waals surface area (Å²) in [5, 5.41) is 24.6. The zero-order chi connectivity index (χ0) is 19.7. The van der Waals surface area contributed by atoms with Gasteiger partial charge in [-0.05, 0) is 38.3 Å². The van der Waals surface area contributed by atoms with E-state index >= 15 is 0 Å². The first-order valence-corrected chi connectivity index (χ1v) is 8.61. The molecule has 0 bridgehead atoms. The van der Waals surface area contributed by atoms with Gasteiger partial charge in [-0.15, -0.1) is 0 Å². The van der Waals surface area contributed by atoms with Crippen molar-refractivity contribution >= 4 is 17.6 Å². The van der Waals surface area contributed by atoms with Gasteiger partial charge in [0.1, 0.15) is 11.1 Å². The Balaban J connectivity index is 1.75. The molecule has 1 aromatic heterocycles. The van der Waals surface area contributed by atoms with E-state index in [1.54, 1.807) is 35.6 Å². The normalized spacial score (nSPS) is 15.0. The highest BCUT2D eigenvalue weighted by molar-refractivity contribution is 5.98. The standard InChI is InChI=1S/C18H20N4O5/c1-11-3-4-16(22(26)27)14(9-11)17(23)20-7-5-13(6-8-20)21-12(2)15(10-19-21)18(24)25/h3-4,9-10,13H,5-8H2,1-2H3,(H,24,25). The number of nitro groups is 1. The van der Waals surface area contributed by atoms with E-state index < -0.39 is 10.9 Å². The van der Waals surface area contributed by atoms with Gasteiger partial charge in [-0.2, -0.15) is 5.10 Å². The molecular weight excluding hydrogens is 352 g/mol. The zero-order valence-corrected chi connectivity index (χ0v) is 15.1. The first kappa shape index (κ1) is 18.6. The molecule has 0 spiro atoms. The van der Waals surface area contributed by atoms with Crippen LogP contribution in [0.4, 0.5) is 5.69 Å². The summed E-state index contributed by atoms with van der Waals surface area (Å²) in [4.78, 5) is 36.3. The molecule has 9 nitrogen and oxygen atoms in total. The summed E-state index contributed by atoms with van der Waals surface area (Å²) in [6.45, 7) is 4.35. The van der Waals surface area contributed by atoms with E-state index in [1.165, 1.54) is 12.3 Å². The minimum atomic E-state index is -1.02. The van der Waals surface area contributed by atoms with Crippen LogP contribution in [0.5, 0.6) is 0 Å². The van der Waals surface area contributed by atoms with Gasteiger partial charge in [0.25, 0.3) is 11.6 Å². The third-order valence-corrected chi connectivity index (χ3v) is 4.95. The maximum Gasteiger partial charge on any atom is 0.339 e. The number of hydrogen-bond donors (Lipinski definition) is 1. The largest absolute Gasteiger partial charge is 0.478 e. The van der Waals surface area contributed by atoms with E-state index in [4.69, 9.17) is 5.11 Å². The van der Waals surface area contributed by atoms with Crippen LogP contribution in [0.1, 0.15) is 50.9 Å². The fourth-order valence-corrected chi connectivity index (χ4v) is 3.47. The molecule has 1 N–H and O–H groups in total. The summed E-state index contributed by atoms with van der Waals surface area (Å²) in [6.07, 6.45) is 2.55. The van der Waals surface area contributed by atoms with Crippen molar-refractivity contribution in [3.8, 4) is 0 Å². The smallest absolute Gasteiger partial charge is 0.339 e. The fourth-order valence-electron chi connectivity index (χ4n) is 3.47. The number of hydrogen-bond acceptors (Lipinski definition) is 5. The summed E-state index contributed by atoms with van der Waals surface area (Å²) >= 11 is 0. The van der Waals surface area contributed by atoms with Crippen molar-refractivity contribution < 1.29 is 19.6 Å². The van der Waals surface area contributed by atoms with E-state index in [-0.39, 0.29) is 28.8 Å². The molecule has 1 aliphatic rings. The summed E-state index contributed by atoms with van der Waals surface area (Å²) in [5.41, 5.74) is 1.45. The SMILES string of the molecule is Cc1ccc([N+](=O)[O-])c(C(=O)N2CCC(n3ncc(C(=O)O)c3C)CC2)c1. The maximum absolute atomic E-state index is 12.8. The van der Waals surface area contributed by atoms with Crippen LogP contribution in [0.25, 0.3) is 0 Å². The topological polar surface area (TPSA) is 119 Å². The number of carbonyl (C=O) groups excluding carboxylic acids is 1. The fraction of sp³-hybridized carbons (Fsp3) is 0.389. The van der Waals surface area contributed by atoms with Gasteiger partial charge in [0.15, 0.2) is 0 Å². The Morgan fingerprint density at radius 2 is 1.89 bits per heavy atom. The molecule has 2 heterocycles. The lowest BCUT2D eigenvalue weighted by Gasteiger charge is -2.32. The Morgan fingerprint density at radius 3 is 2.44 bits per heavy atom. The third-order valence-electron chi connectivity index (χ3n) is 4.95. The molecule has 0 saturated carbocycles. The second kappa shape index (κ2) is 7.18. The number of nitrogens with zero attached hydrogens (tertiary/aromatic N) is 4. The van der Waals surface area contributed by atoms with Crippen molar-refractivity contribution in [2.75, 3.05) is 13.1 Å². The highest BCUT2D eigenvalue weighted by atomic mass is 16.6. The van der Waals surface area contributed by atoms with Gasteiger partial charge in [0, 0.05) is 19.2 Å². The Hall–Kier alpha value is -3.23. The lowest BCUT2D eigenvalue weighted by molar-refractivity contribution is -0.385. The van der Waals surface area contributed by atoms with Crippen LogP contribution < -0.4 is 0 Å². The Kier molecular flexibility index (Phi) is 4.93. The predicted molar refractivity (Wildman–Crippen MR) is 95.9 cm³/mol. The lowest BCUT2D eigenvalue weighted by Crippen LogP contribution is -2.39. The van der Waals surface area contributed by atoms with Crippen LogP contribution in [0.2, 0.25) is 0 Å². The molecule has 1 aromatic carbocycles. The van der Waals surface area contributed by atoms with E-state index in [1.807, 2.05) is 0 Å². The van der Waals surface area contributed by atoms with Crippen LogP contribution >= 0.6 is 0 Å². The van der Waals surface area contributed by atoms with E-state index in [0.717, 1.165) is 5.56 Å². The van der Waals surface area contributed by atoms with Crippen molar-refractivity contribution in [1.82, 2.24) is 14.7 Å². The van der Waals surface area contributed by atoms with Gasteiger partial charge in [-0.1, -0.05) is 6.07 Å². The molecule has 1 fully saturated rings. The number of carbonyl (C=O) groups is 2. The van der Waals surface area contributed by atoms with Crippen LogP contribution in [-0.4, -0.2) is 49.7 Å². The van der Waals surface area contributed by atoms with Crippen molar-refractivity contribution in [1.29, 1.82) is 0 Å². The van der Waals surface area contributed by atoms with Gasteiger partial charge in [0.2, 0.25) is 0 Å². The summed E-state index contributed by atoms with van der Waals surface area (Å²) in [7, 11) is 0. The molecule has 1 saturated heterocycles. The van der Waals surface area contributed by atoms with E-state index in [0.29, 0.717) is 31.6 Å². The molecule has 142 valence electrons. The molecule has 0 atom stereocenters. The van der Waals surface area contributed by atoms with Crippen molar-refractivity contribution in [3.63, 3.8) is 0 Å². The molecule has 2 aromatic rings. The molecule has 1 aliphatic heterocycles. The molecule has 27 heavy (non-hydrogen) atoms. The Morgan fingerprint density at radius 1 is 1.22 bits per heavy atom. The van der Waals surface area contributed by atoms with Crippen LogP contribution in [0.15, 0.2) is 24.4 Å². The molecule has 9 heteroatoms. The second-order valence-electron chi connectivity index (χ2n) is 6.69. The Bertz CT molecular complexity index is 912. The molecule has 0 unspecified atom stereocenters. The summed E-state index contributed by atoms with van der Waals surface area (Å²) in [5.74, 6) is -1.37. The number of carboxylic acids is 1. The zero-order valence-electron chi connectivity index (χ0n) is 15.1. The number of aromatic carboxylic acids is 1. The third kappa shape index (κ3) is 3.53. The van der Waals surface area contributed by atoms with Crippen molar-refractivity contribution in [3.05, 3.63) is 56.9 Å². The van der Waals surface area contributed by atoms with Crippen molar-refractivity contribution in [2.45, 2.75) is 32.7 Å². The maximum atomic E-state index is 12.8. The highest BCUT2D eigenvalue weighted by Crippen LogP contribution is 2.28. The van der Waals surface area contributed by atoms with Crippen molar-refractivity contribution in [2.24, 2.45) is 0 Å². The summed E-state index contributed by atoms with van der Waals surface area (Å²) < 4.78 is 1.69. The van der Waals surface area contributed by atoms with Gasteiger partial charge in [0.05, 0.1) is 22.9 Å². The molecule has 0 aliphatic carbocycles. The number of likely N-dealkylation sites (tertiary alicyclic amines) is 1. The Labute approximate surface area is 155 Å². The number of rotatable bonds is 4. The molecule has 3 rings (SSSR count). The first-order valence-electron chi connectivity index (χ1n) is 8.61. The second-order valence-corrected chi connectivity index (χ2v) is 6.69. The number of carboxylic acid groups (broad SMARTS) is 1. The summed E-state index contributed by atoms with van der Waals surface area (Å²) in [6, 6.07) is 4.51. The minimum Gasteiger partial charge on any atom is -0.478 e. The molecule has 1 amide bonds. The highest BCUT2D eigenvalue weighted by Gasteiger charge is 2.30. The van der Waals surface area contributed by atoms with Gasteiger partial charge in [-0.25, -0.2) is 4.79 Å². The van der Waals surface area contributed by atoms with E-state index in [2.05, 4.69) is 5.10 Å². The van der Waals surface area contributed by atoms with E-state index in [9.17, 15) is 19.7 Å². The number of aryl methyl sites for hydroxylation is 1. The average Bonchev–Trinajstić information content (AvgIpc) is 3.02. The molecule has 0 radical (unpaired) electrons. The monoisotopic (exact) mass is 372 g/mol. The van der Waals surface area contributed by atoms with Gasteiger partial charge < -0.3 is 10.0 Å². The number of aromatic nitrogens is 2. The van der Waals surface area contributed by atoms with Gasteiger partial charge in [-0.3, -0.25) is 19.6 Å². The van der Waals surface area contributed by atoms with Crippen LogP contribution in [-0.2, 0) is 0 Å². The predicted octanol–water partition coefficient (Wildman–Crippen LogP) is 2.58. The van der Waals surface area contributed by atoms with Crippen LogP contribution in [0.3, 0.4) is 0 Å². The number of amides is 1.